The van der Waals surface area contributed by atoms with Crippen LogP contribution >= 0.6 is 23.2 Å². The second kappa shape index (κ2) is 10.7. The highest BCUT2D eigenvalue weighted by Gasteiger charge is 2.38. The molecule has 3 atom stereocenters. The summed E-state index contributed by atoms with van der Waals surface area (Å²) in [6, 6.07) is 0. The van der Waals surface area contributed by atoms with E-state index in [9.17, 15) is 4.79 Å². The lowest BCUT2D eigenvalue weighted by molar-refractivity contribution is -0.130. The first-order chi connectivity index (χ1) is 14.1. The maximum atomic E-state index is 13.0. The first kappa shape index (κ1) is 22.4. The first-order valence-corrected chi connectivity index (χ1v) is 13.4. The van der Waals surface area contributed by atoms with Crippen LogP contribution in [0.15, 0.2) is 0 Å². The van der Waals surface area contributed by atoms with Crippen LogP contribution in [0.25, 0.3) is 0 Å². The summed E-state index contributed by atoms with van der Waals surface area (Å²) in [5, 5.41) is 0.119. The SMILES string of the molecule is O=C(C1CCC(OC2CCC(C3CCCCC3)CC2)CC1)C1CC(Cl)CCC1Cl. The minimum Gasteiger partial charge on any atom is -0.375 e. The molecule has 0 N–H and O–H groups in total. The van der Waals surface area contributed by atoms with E-state index < -0.39 is 0 Å². The van der Waals surface area contributed by atoms with Crippen LogP contribution in [-0.2, 0) is 9.53 Å². The normalized spacial score (nSPS) is 42.5. The lowest BCUT2D eigenvalue weighted by Gasteiger charge is -2.38. The van der Waals surface area contributed by atoms with Gasteiger partial charge in [-0.25, -0.2) is 0 Å². The number of ether oxygens (including phenoxy) is 1. The predicted octanol–water partition coefficient (Wildman–Crippen LogP) is 7.28. The second-order valence-corrected chi connectivity index (χ2v) is 11.7. The topological polar surface area (TPSA) is 26.3 Å². The molecule has 0 radical (unpaired) electrons. The molecule has 3 unspecified atom stereocenters. The molecule has 0 bridgehead atoms. The number of hydrogen-bond donors (Lipinski definition) is 0. The molecule has 4 heteroatoms. The number of carbonyl (C=O) groups is 1. The van der Waals surface area contributed by atoms with Crippen LogP contribution in [0.1, 0.15) is 103 Å². The highest BCUT2D eigenvalue weighted by molar-refractivity contribution is 6.24. The zero-order valence-corrected chi connectivity index (χ0v) is 19.5. The first-order valence-electron chi connectivity index (χ1n) is 12.6. The third-order valence-electron chi connectivity index (χ3n) is 8.56. The molecule has 0 aromatic rings. The van der Waals surface area contributed by atoms with E-state index in [0.29, 0.717) is 18.0 Å². The summed E-state index contributed by atoms with van der Waals surface area (Å²) < 4.78 is 6.52. The Hall–Kier alpha value is 0.210. The zero-order valence-electron chi connectivity index (χ0n) is 18.0. The van der Waals surface area contributed by atoms with Crippen molar-refractivity contribution in [3.05, 3.63) is 0 Å². The molecule has 0 saturated heterocycles. The van der Waals surface area contributed by atoms with Crippen LogP contribution in [-0.4, -0.2) is 28.7 Å². The smallest absolute Gasteiger partial charge is 0.140 e. The molecule has 0 spiro atoms. The van der Waals surface area contributed by atoms with E-state index in [1.54, 1.807) is 0 Å². The largest absolute Gasteiger partial charge is 0.375 e. The van der Waals surface area contributed by atoms with Crippen molar-refractivity contribution >= 4 is 29.0 Å². The number of Topliss-reactive ketones (excluding diaryl/α,β-unsaturated/α-hetero) is 1. The average molecular weight is 443 g/mol. The average Bonchev–Trinajstić information content (AvgIpc) is 2.77. The van der Waals surface area contributed by atoms with Crippen molar-refractivity contribution in [2.75, 3.05) is 0 Å². The monoisotopic (exact) mass is 442 g/mol. The number of rotatable bonds is 5. The van der Waals surface area contributed by atoms with Gasteiger partial charge in [0.25, 0.3) is 0 Å². The van der Waals surface area contributed by atoms with Crippen molar-refractivity contribution < 1.29 is 9.53 Å². The number of alkyl halides is 2. The summed E-state index contributed by atoms with van der Waals surface area (Å²) in [5.74, 6) is 2.52. The van der Waals surface area contributed by atoms with Gasteiger partial charge in [-0.1, -0.05) is 32.1 Å². The van der Waals surface area contributed by atoms with Crippen molar-refractivity contribution in [3.63, 3.8) is 0 Å². The molecule has 0 aromatic carbocycles. The van der Waals surface area contributed by atoms with Crippen LogP contribution in [0.5, 0.6) is 0 Å². The van der Waals surface area contributed by atoms with Crippen molar-refractivity contribution in [2.45, 2.75) is 126 Å². The Morgan fingerprint density at radius 1 is 0.655 bits per heavy atom. The number of halogens is 2. The molecule has 4 aliphatic rings. The van der Waals surface area contributed by atoms with Gasteiger partial charge >= 0.3 is 0 Å². The van der Waals surface area contributed by atoms with Crippen molar-refractivity contribution in [1.82, 2.24) is 0 Å². The molecule has 4 saturated carbocycles. The Morgan fingerprint density at radius 3 is 1.90 bits per heavy atom. The van der Waals surface area contributed by atoms with E-state index >= 15 is 0 Å². The van der Waals surface area contributed by atoms with Gasteiger partial charge in [-0.2, -0.15) is 0 Å². The van der Waals surface area contributed by atoms with Gasteiger partial charge in [-0.15, -0.1) is 23.2 Å². The zero-order chi connectivity index (χ0) is 20.2. The van der Waals surface area contributed by atoms with Gasteiger partial charge in [0.1, 0.15) is 5.78 Å². The Kier molecular flexibility index (Phi) is 8.26. The molecule has 166 valence electrons. The molecule has 0 aromatic heterocycles. The summed E-state index contributed by atoms with van der Waals surface area (Å²) in [4.78, 5) is 13.0. The summed E-state index contributed by atoms with van der Waals surface area (Å²) in [5.41, 5.74) is 0. The van der Waals surface area contributed by atoms with E-state index in [1.807, 2.05) is 0 Å². The minimum atomic E-state index is -0.0227. The fourth-order valence-electron chi connectivity index (χ4n) is 6.74. The second-order valence-electron chi connectivity index (χ2n) is 10.5. The molecule has 0 heterocycles. The molecule has 0 amide bonds. The Labute approximate surface area is 187 Å². The van der Waals surface area contributed by atoms with Crippen molar-refractivity contribution in [3.8, 4) is 0 Å². The third-order valence-corrected chi connectivity index (χ3v) is 9.48. The molecular weight excluding hydrogens is 403 g/mol. The van der Waals surface area contributed by atoms with E-state index in [0.717, 1.165) is 56.8 Å². The number of hydrogen-bond acceptors (Lipinski definition) is 2. The van der Waals surface area contributed by atoms with Crippen LogP contribution in [0.2, 0.25) is 0 Å². The Balaban J connectivity index is 1.17. The molecule has 4 fully saturated rings. The maximum absolute atomic E-state index is 13.0. The molecule has 4 rings (SSSR count). The van der Waals surface area contributed by atoms with Gasteiger partial charge in [0, 0.05) is 22.6 Å². The fraction of sp³-hybridized carbons (Fsp3) is 0.960. The van der Waals surface area contributed by atoms with Crippen molar-refractivity contribution in [1.29, 1.82) is 0 Å². The van der Waals surface area contributed by atoms with E-state index in [2.05, 4.69) is 0 Å². The maximum Gasteiger partial charge on any atom is 0.140 e. The molecule has 0 aliphatic heterocycles. The van der Waals surface area contributed by atoms with Crippen LogP contribution in [0.3, 0.4) is 0 Å². The lowest BCUT2D eigenvalue weighted by Crippen LogP contribution is -2.38. The fourth-order valence-corrected chi connectivity index (χ4v) is 7.41. The summed E-state index contributed by atoms with van der Waals surface area (Å²) in [7, 11) is 0. The van der Waals surface area contributed by atoms with Gasteiger partial charge in [-0.05, 0) is 82.5 Å². The predicted molar refractivity (Wildman–Crippen MR) is 121 cm³/mol. The van der Waals surface area contributed by atoms with E-state index in [1.165, 1.54) is 57.8 Å². The quantitative estimate of drug-likeness (QED) is 0.417. The standard InChI is InChI=1S/C25H40Cl2O2/c26-20-10-15-24(27)23(16-20)25(28)19-8-13-22(14-9-19)29-21-11-6-18(7-12-21)17-4-2-1-3-5-17/h17-24H,1-16H2. The van der Waals surface area contributed by atoms with Crippen molar-refractivity contribution in [2.24, 2.45) is 23.7 Å². The summed E-state index contributed by atoms with van der Waals surface area (Å²) >= 11 is 12.8. The summed E-state index contributed by atoms with van der Waals surface area (Å²) in [6.45, 7) is 0. The van der Waals surface area contributed by atoms with Gasteiger partial charge < -0.3 is 4.74 Å². The van der Waals surface area contributed by atoms with Crippen LogP contribution in [0, 0.1) is 23.7 Å². The van der Waals surface area contributed by atoms with Gasteiger partial charge in [0.2, 0.25) is 0 Å². The minimum absolute atomic E-state index is 0.00850. The lowest BCUT2D eigenvalue weighted by atomic mass is 9.73. The molecule has 2 nitrogen and oxygen atoms in total. The van der Waals surface area contributed by atoms with Gasteiger partial charge in [0.15, 0.2) is 0 Å². The molecular formula is C25H40Cl2O2. The van der Waals surface area contributed by atoms with Crippen LogP contribution in [0.4, 0.5) is 0 Å². The Morgan fingerprint density at radius 2 is 1.24 bits per heavy atom. The number of ketones is 1. The van der Waals surface area contributed by atoms with Crippen LogP contribution < -0.4 is 0 Å². The van der Waals surface area contributed by atoms with E-state index in [4.69, 9.17) is 27.9 Å². The van der Waals surface area contributed by atoms with Gasteiger partial charge in [-0.3, -0.25) is 4.79 Å². The third kappa shape index (κ3) is 5.92. The number of carbonyl (C=O) groups excluding carboxylic acids is 1. The summed E-state index contributed by atoms with van der Waals surface area (Å²) in [6.07, 6.45) is 20.1. The molecule has 4 aliphatic carbocycles. The molecule has 29 heavy (non-hydrogen) atoms. The highest BCUT2D eigenvalue weighted by Crippen LogP contribution is 2.41. The highest BCUT2D eigenvalue weighted by atomic mass is 35.5. The van der Waals surface area contributed by atoms with E-state index in [-0.39, 0.29) is 22.6 Å². The van der Waals surface area contributed by atoms with Gasteiger partial charge in [0.05, 0.1) is 12.2 Å². The Bertz CT molecular complexity index is 517.